The number of thiophene rings is 1. The zero-order chi connectivity index (χ0) is 16.2. The first-order valence-electron chi connectivity index (χ1n) is 7.95. The van der Waals surface area contributed by atoms with Crippen molar-refractivity contribution >= 4 is 47.2 Å². The summed E-state index contributed by atoms with van der Waals surface area (Å²) >= 11 is 1.78. The highest BCUT2D eigenvalue weighted by molar-refractivity contribution is 14.0. The van der Waals surface area contributed by atoms with E-state index in [0.717, 1.165) is 38.4 Å². The van der Waals surface area contributed by atoms with Gasteiger partial charge in [-0.05, 0) is 31.2 Å². The predicted molar refractivity (Wildman–Crippen MR) is 110 cm³/mol. The molecule has 0 aliphatic carbocycles. The van der Waals surface area contributed by atoms with Crippen LogP contribution in [0.5, 0.6) is 0 Å². The number of likely N-dealkylation sites (N-methyl/N-ethyl adjacent to an activating group) is 1. The maximum Gasteiger partial charge on any atom is 0.221 e. The Labute approximate surface area is 161 Å². The smallest absolute Gasteiger partial charge is 0.221 e. The minimum atomic E-state index is 0. The highest BCUT2D eigenvalue weighted by Crippen LogP contribution is 2.09. The van der Waals surface area contributed by atoms with Gasteiger partial charge < -0.3 is 15.5 Å². The minimum absolute atomic E-state index is 0. The first kappa shape index (κ1) is 22.2. The Kier molecular flexibility index (Phi) is 13.1. The summed E-state index contributed by atoms with van der Waals surface area (Å²) in [6.45, 7) is 7.09. The number of carbonyl (C=O) groups is 1. The summed E-state index contributed by atoms with van der Waals surface area (Å²) in [6.07, 6.45) is 2.41. The van der Waals surface area contributed by atoms with Gasteiger partial charge in [-0.15, -0.1) is 35.3 Å². The molecule has 1 amide bonds. The molecule has 0 saturated heterocycles. The van der Waals surface area contributed by atoms with E-state index >= 15 is 0 Å². The second-order valence-corrected chi connectivity index (χ2v) is 6.12. The zero-order valence-corrected chi connectivity index (χ0v) is 17.4. The Morgan fingerprint density at radius 1 is 1.35 bits per heavy atom. The van der Waals surface area contributed by atoms with Crippen molar-refractivity contribution in [3.8, 4) is 0 Å². The van der Waals surface area contributed by atoms with Gasteiger partial charge in [0.25, 0.3) is 0 Å². The van der Waals surface area contributed by atoms with E-state index in [4.69, 9.17) is 0 Å². The van der Waals surface area contributed by atoms with Gasteiger partial charge in [-0.25, -0.2) is 0 Å². The van der Waals surface area contributed by atoms with Crippen molar-refractivity contribution < 1.29 is 4.79 Å². The Bertz CT molecular complexity index is 451. The molecule has 1 aromatic heterocycles. The molecule has 0 aliphatic heterocycles. The van der Waals surface area contributed by atoms with E-state index in [9.17, 15) is 4.79 Å². The third kappa shape index (κ3) is 9.80. The third-order valence-electron chi connectivity index (χ3n) is 3.14. The highest BCUT2D eigenvalue weighted by Gasteiger charge is 2.07. The second-order valence-electron chi connectivity index (χ2n) is 5.09. The number of nitrogens with zero attached hydrogens (tertiary/aromatic N) is 2. The van der Waals surface area contributed by atoms with Crippen LogP contribution in [0.25, 0.3) is 0 Å². The lowest BCUT2D eigenvalue weighted by Gasteiger charge is -2.21. The molecular formula is C16H29IN4OS. The largest absolute Gasteiger partial charge is 0.357 e. The molecule has 1 aromatic rings. The van der Waals surface area contributed by atoms with Gasteiger partial charge in [0.1, 0.15) is 0 Å². The average Bonchev–Trinajstić information content (AvgIpc) is 3.03. The zero-order valence-electron chi connectivity index (χ0n) is 14.3. The first-order chi connectivity index (χ1) is 10.7. The Morgan fingerprint density at radius 3 is 2.74 bits per heavy atom. The lowest BCUT2D eigenvalue weighted by atomic mass is 10.3. The fourth-order valence-corrected chi connectivity index (χ4v) is 2.62. The van der Waals surface area contributed by atoms with Crippen LogP contribution in [-0.2, 0) is 11.2 Å². The molecule has 5 nitrogen and oxygen atoms in total. The number of hydrogen-bond donors (Lipinski definition) is 2. The van der Waals surface area contributed by atoms with Gasteiger partial charge in [0.05, 0.1) is 6.54 Å². The van der Waals surface area contributed by atoms with Crippen LogP contribution in [0.1, 0.15) is 31.6 Å². The van der Waals surface area contributed by atoms with E-state index in [1.807, 2.05) is 14.0 Å². The molecule has 0 fully saturated rings. The SMILES string of the molecule is CCCNC(=O)CCN=C(NCC)N(C)CCc1cccs1.I. The van der Waals surface area contributed by atoms with Crippen LogP contribution in [0.3, 0.4) is 0 Å². The molecular weight excluding hydrogens is 423 g/mol. The van der Waals surface area contributed by atoms with Crippen molar-refractivity contribution in [1.29, 1.82) is 0 Å². The number of rotatable bonds is 9. The Morgan fingerprint density at radius 2 is 2.13 bits per heavy atom. The fraction of sp³-hybridized carbons (Fsp3) is 0.625. The minimum Gasteiger partial charge on any atom is -0.357 e. The molecule has 0 spiro atoms. The van der Waals surface area contributed by atoms with Crippen LogP contribution in [0.15, 0.2) is 22.5 Å². The molecule has 1 rings (SSSR count). The van der Waals surface area contributed by atoms with Crippen molar-refractivity contribution in [3.05, 3.63) is 22.4 Å². The molecule has 0 aliphatic rings. The summed E-state index contributed by atoms with van der Waals surface area (Å²) in [5.74, 6) is 0.935. The van der Waals surface area contributed by atoms with E-state index in [-0.39, 0.29) is 29.9 Å². The molecule has 0 bridgehead atoms. The highest BCUT2D eigenvalue weighted by atomic mass is 127. The van der Waals surface area contributed by atoms with Gasteiger partial charge in [-0.2, -0.15) is 0 Å². The monoisotopic (exact) mass is 452 g/mol. The van der Waals surface area contributed by atoms with E-state index < -0.39 is 0 Å². The standard InChI is InChI=1S/C16H28N4OS.HI/c1-4-10-18-15(21)8-11-19-16(17-5-2)20(3)12-9-14-7-6-13-22-14;/h6-7,13H,4-5,8-12H2,1-3H3,(H,17,19)(H,18,21);1H. The van der Waals surface area contributed by atoms with Gasteiger partial charge in [0.2, 0.25) is 5.91 Å². The van der Waals surface area contributed by atoms with Crippen molar-refractivity contribution in [2.45, 2.75) is 33.1 Å². The Hall–Kier alpha value is -0.830. The van der Waals surface area contributed by atoms with Gasteiger partial charge in [-0.3, -0.25) is 9.79 Å². The maximum atomic E-state index is 11.6. The van der Waals surface area contributed by atoms with E-state index in [2.05, 4.69) is 45.0 Å². The van der Waals surface area contributed by atoms with Gasteiger partial charge >= 0.3 is 0 Å². The number of amides is 1. The molecule has 0 aromatic carbocycles. The topological polar surface area (TPSA) is 56.7 Å². The summed E-state index contributed by atoms with van der Waals surface area (Å²) in [5, 5.41) is 8.25. The van der Waals surface area contributed by atoms with E-state index in [1.54, 1.807) is 11.3 Å². The quantitative estimate of drug-likeness (QED) is 0.344. The number of carbonyl (C=O) groups excluding carboxylic acids is 1. The molecule has 23 heavy (non-hydrogen) atoms. The predicted octanol–water partition coefficient (Wildman–Crippen LogP) is 2.72. The lowest BCUT2D eigenvalue weighted by molar-refractivity contribution is -0.120. The molecule has 0 radical (unpaired) electrons. The third-order valence-corrected chi connectivity index (χ3v) is 4.08. The maximum absolute atomic E-state index is 11.6. The molecule has 2 N–H and O–H groups in total. The molecule has 0 atom stereocenters. The van der Waals surface area contributed by atoms with Crippen LogP contribution in [0.4, 0.5) is 0 Å². The lowest BCUT2D eigenvalue weighted by Crippen LogP contribution is -2.40. The molecule has 0 unspecified atom stereocenters. The van der Waals surface area contributed by atoms with Crippen LogP contribution in [0.2, 0.25) is 0 Å². The summed E-state index contributed by atoms with van der Waals surface area (Å²) in [4.78, 5) is 19.6. The summed E-state index contributed by atoms with van der Waals surface area (Å²) in [5.41, 5.74) is 0. The molecule has 132 valence electrons. The van der Waals surface area contributed by atoms with Crippen molar-refractivity contribution in [3.63, 3.8) is 0 Å². The van der Waals surface area contributed by atoms with E-state index in [1.165, 1.54) is 4.88 Å². The Balaban J connectivity index is 0.00000484. The van der Waals surface area contributed by atoms with E-state index in [0.29, 0.717) is 13.0 Å². The van der Waals surface area contributed by atoms with Crippen molar-refractivity contribution in [1.82, 2.24) is 15.5 Å². The van der Waals surface area contributed by atoms with Crippen molar-refractivity contribution in [2.24, 2.45) is 4.99 Å². The number of hydrogen-bond acceptors (Lipinski definition) is 3. The number of guanidine groups is 1. The number of nitrogens with one attached hydrogen (secondary N) is 2. The van der Waals surface area contributed by atoms with Gasteiger partial charge in [0, 0.05) is 38.0 Å². The van der Waals surface area contributed by atoms with Crippen LogP contribution >= 0.6 is 35.3 Å². The second kappa shape index (κ2) is 13.6. The van der Waals surface area contributed by atoms with Crippen LogP contribution in [0, 0.1) is 0 Å². The fourth-order valence-electron chi connectivity index (χ4n) is 1.92. The summed E-state index contributed by atoms with van der Waals surface area (Å²) in [7, 11) is 2.03. The van der Waals surface area contributed by atoms with Crippen LogP contribution < -0.4 is 10.6 Å². The molecule has 0 saturated carbocycles. The van der Waals surface area contributed by atoms with Gasteiger partial charge in [0.15, 0.2) is 5.96 Å². The number of aliphatic imine (C=N–C) groups is 1. The van der Waals surface area contributed by atoms with Crippen molar-refractivity contribution in [2.75, 3.05) is 33.2 Å². The average molecular weight is 452 g/mol. The van der Waals surface area contributed by atoms with Gasteiger partial charge in [-0.1, -0.05) is 13.0 Å². The first-order valence-corrected chi connectivity index (χ1v) is 8.83. The number of halogens is 1. The summed E-state index contributed by atoms with van der Waals surface area (Å²) in [6, 6.07) is 4.23. The molecule has 7 heteroatoms. The van der Waals surface area contributed by atoms with Crippen LogP contribution in [-0.4, -0.2) is 50.0 Å². The molecule has 1 heterocycles. The summed E-state index contributed by atoms with van der Waals surface area (Å²) < 4.78 is 0. The normalized spacial score (nSPS) is 10.8.